The van der Waals surface area contributed by atoms with Crippen LogP contribution in [0.4, 0.5) is 0 Å². The molecular weight excluding hydrogens is 231 g/mol. The van der Waals surface area contributed by atoms with Gasteiger partial charge >= 0.3 is 0 Å². The van der Waals surface area contributed by atoms with E-state index in [1.54, 1.807) is 24.3 Å². The van der Waals surface area contributed by atoms with Crippen LogP contribution < -0.4 is 0 Å². The lowest BCUT2D eigenvalue weighted by atomic mass is 10.1. The molecule has 2 aromatic rings. The number of benzene rings is 2. The van der Waals surface area contributed by atoms with Crippen molar-refractivity contribution in [3.63, 3.8) is 0 Å². The van der Waals surface area contributed by atoms with Crippen LogP contribution in [0.25, 0.3) is 11.1 Å². The maximum atomic E-state index is 9.39. The number of phenolic OH excluding ortho intramolecular Hbond substituents is 1. The van der Waals surface area contributed by atoms with E-state index in [4.69, 9.17) is 23.2 Å². The number of hydrogen-bond acceptors (Lipinski definition) is 1. The van der Waals surface area contributed by atoms with Gasteiger partial charge in [0.1, 0.15) is 5.75 Å². The van der Waals surface area contributed by atoms with E-state index in [0.717, 1.165) is 11.1 Å². The van der Waals surface area contributed by atoms with Crippen molar-refractivity contribution in [3.8, 4) is 16.9 Å². The minimum absolute atomic E-state index is 0.175. The van der Waals surface area contributed by atoms with E-state index in [-0.39, 0.29) is 5.75 Å². The molecule has 2 aromatic carbocycles. The van der Waals surface area contributed by atoms with Crippen LogP contribution in [-0.4, -0.2) is 5.11 Å². The largest absolute Gasteiger partial charge is 0.508 e. The highest BCUT2D eigenvalue weighted by Gasteiger charge is 2.07. The Morgan fingerprint density at radius 2 is 1.47 bits per heavy atom. The molecule has 0 bridgehead atoms. The zero-order valence-electron chi connectivity index (χ0n) is 7.74. The average molecular weight is 239 g/mol. The summed E-state index contributed by atoms with van der Waals surface area (Å²) in [4.78, 5) is 0. The van der Waals surface area contributed by atoms with E-state index in [9.17, 15) is 5.11 Å². The van der Waals surface area contributed by atoms with Crippen LogP contribution >= 0.6 is 23.2 Å². The van der Waals surface area contributed by atoms with Gasteiger partial charge in [-0.05, 0) is 24.3 Å². The van der Waals surface area contributed by atoms with Crippen LogP contribution in [0.3, 0.4) is 0 Å². The topological polar surface area (TPSA) is 20.2 Å². The molecule has 0 atom stereocenters. The van der Waals surface area contributed by atoms with E-state index in [1.807, 2.05) is 18.2 Å². The summed E-state index contributed by atoms with van der Waals surface area (Å²) in [5.74, 6) is 0.175. The molecule has 15 heavy (non-hydrogen) atoms. The number of hydrogen-bond donors (Lipinski definition) is 1. The Bertz CT molecular complexity index is 495. The van der Waals surface area contributed by atoms with E-state index in [0.29, 0.717) is 10.0 Å². The molecule has 0 radical (unpaired) electrons. The quantitative estimate of drug-likeness (QED) is 0.783. The summed E-state index contributed by atoms with van der Waals surface area (Å²) < 4.78 is 0. The molecule has 0 aliphatic rings. The standard InChI is InChI=1S/C12H8Cl2O/c13-11-4-2-1-3-9(11)10-7-8(15)5-6-12(10)14/h1-7,15H. The summed E-state index contributed by atoms with van der Waals surface area (Å²) in [7, 11) is 0. The SMILES string of the molecule is Oc1ccc(Cl)c(-c2ccccc2Cl)c1. The smallest absolute Gasteiger partial charge is 0.116 e. The third kappa shape index (κ3) is 2.09. The number of aromatic hydroxyl groups is 1. The molecular formula is C12H8Cl2O. The second-order valence-electron chi connectivity index (χ2n) is 3.14. The molecule has 0 fully saturated rings. The highest BCUT2D eigenvalue weighted by atomic mass is 35.5. The van der Waals surface area contributed by atoms with Gasteiger partial charge in [-0.1, -0.05) is 41.4 Å². The number of halogens is 2. The molecule has 0 aliphatic heterocycles. The first-order chi connectivity index (χ1) is 7.18. The maximum Gasteiger partial charge on any atom is 0.116 e. The summed E-state index contributed by atoms with van der Waals surface area (Å²) in [6.07, 6.45) is 0. The normalized spacial score (nSPS) is 10.3. The average Bonchev–Trinajstić information content (AvgIpc) is 2.23. The van der Waals surface area contributed by atoms with Crippen LogP contribution in [-0.2, 0) is 0 Å². The molecule has 0 aromatic heterocycles. The van der Waals surface area contributed by atoms with E-state index in [1.165, 1.54) is 0 Å². The third-order valence-corrected chi connectivity index (χ3v) is 2.77. The monoisotopic (exact) mass is 238 g/mol. The van der Waals surface area contributed by atoms with E-state index in [2.05, 4.69) is 0 Å². The summed E-state index contributed by atoms with van der Waals surface area (Å²) in [6.45, 7) is 0. The van der Waals surface area contributed by atoms with Gasteiger partial charge in [0, 0.05) is 21.2 Å². The molecule has 2 rings (SSSR count). The molecule has 0 amide bonds. The Kier molecular flexibility index (Phi) is 2.85. The van der Waals surface area contributed by atoms with Crippen molar-refractivity contribution < 1.29 is 5.11 Å². The molecule has 0 saturated heterocycles. The van der Waals surface area contributed by atoms with Crippen molar-refractivity contribution in [2.45, 2.75) is 0 Å². The predicted octanol–water partition coefficient (Wildman–Crippen LogP) is 4.37. The van der Waals surface area contributed by atoms with Gasteiger partial charge in [-0.25, -0.2) is 0 Å². The van der Waals surface area contributed by atoms with E-state index < -0.39 is 0 Å². The molecule has 1 nitrogen and oxygen atoms in total. The third-order valence-electron chi connectivity index (χ3n) is 2.11. The van der Waals surface area contributed by atoms with Gasteiger partial charge in [-0.15, -0.1) is 0 Å². The van der Waals surface area contributed by atoms with Crippen molar-refractivity contribution in [2.24, 2.45) is 0 Å². The molecule has 0 saturated carbocycles. The Morgan fingerprint density at radius 1 is 0.800 bits per heavy atom. The number of rotatable bonds is 1. The first-order valence-corrected chi connectivity index (χ1v) is 5.17. The Morgan fingerprint density at radius 3 is 2.20 bits per heavy atom. The zero-order chi connectivity index (χ0) is 10.8. The molecule has 0 heterocycles. The lowest BCUT2D eigenvalue weighted by Gasteiger charge is -2.06. The summed E-state index contributed by atoms with van der Waals surface area (Å²) in [6, 6.07) is 12.2. The van der Waals surface area contributed by atoms with Crippen LogP contribution in [0.15, 0.2) is 42.5 Å². The Labute approximate surface area is 97.9 Å². The van der Waals surface area contributed by atoms with Crippen LogP contribution in [0.1, 0.15) is 0 Å². The van der Waals surface area contributed by atoms with Gasteiger partial charge in [-0.3, -0.25) is 0 Å². The van der Waals surface area contributed by atoms with Crippen molar-refractivity contribution in [2.75, 3.05) is 0 Å². The van der Waals surface area contributed by atoms with Gasteiger partial charge in [0.25, 0.3) is 0 Å². The Balaban J connectivity index is 2.64. The predicted molar refractivity (Wildman–Crippen MR) is 63.6 cm³/mol. The highest BCUT2D eigenvalue weighted by Crippen LogP contribution is 2.34. The summed E-state index contributed by atoms with van der Waals surface area (Å²) in [5, 5.41) is 10.6. The maximum absolute atomic E-state index is 9.39. The van der Waals surface area contributed by atoms with Crippen LogP contribution in [0.2, 0.25) is 10.0 Å². The lowest BCUT2D eigenvalue weighted by Crippen LogP contribution is -1.80. The second kappa shape index (κ2) is 4.13. The van der Waals surface area contributed by atoms with Gasteiger partial charge < -0.3 is 5.11 Å². The zero-order valence-corrected chi connectivity index (χ0v) is 9.26. The van der Waals surface area contributed by atoms with Gasteiger partial charge in [0.2, 0.25) is 0 Å². The van der Waals surface area contributed by atoms with Crippen molar-refractivity contribution in [1.29, 1.82) is 0 Å². The van der Waals surface area contributed by atoms with Crippen molar-refractivity contribution in [3.05, 3.63) is 52.5 Å². The fourth-order valence-corrected chi connectivity index (χ4v) is 1.86. The fourth-order valence-electron chi connectivity index (χ4n) is 1.40. The molecule has 1 N–H and O–H groups in total. The first kappa shape index (κ1) is 10.3. The van der Waals surface area contributed by atoms with E-state index >= 15 is 0 Å². The van der Waals surface area contributed by atoms with Gasteiger partial charge in [0.15, 0.2) is 0 Å². The lowest BCUT2D eigenvalue weighted by molar-refractivity contribution is 0.475. The minimum atomic E-state index is 0.175. The number of phenols is 1. The second-order valence-corrected chi connectivity index (χ2v) is 3.96. The van der Waals surface area contributed by atoms with Crippen LogP contribution in [0.5, 0.6) is 5.75 Å². The molecule has 3 heteroatoms. The fraction of sp³-hybridized carbons (Fsp3) is 0. The van der Waals surface area contributed by atoms with Crippen molar-refractivity contribution in [1.82, 2.24) is 0 Å². The first-order valence-electron chi connectivity index (χ1n) is 4.42. The highest BCUT2D eigenvalue weighted by molar-refractivity contribution is 6.36. The van der Waals surface area contributed by atoms with Gasteiger partial charge in [-0.2, -0.15) is 0 Å². The van der Waals surface area contributed by atoms with Crippen LogP contribution in [0, 0.1) is 0 Å². The summed E-state index contributed by atoms with van der Waals surface area (Å²) >= 11 is 12.1. The minimum Gasteiger partial charge on any atom is -0.508 e. The molecule has 76 valence electrons. The van der Waals surface area contributed by atoms with Crippen molar-refractivity contribution >= 4 is 23.2 Å². The Hall–Kier alpha value is -1.18. The van der Waals surface area contributed by atoms with Gasteiger partial charge in [0.05, 0.1) is 0 Å². The summed E-state index contributed by atoms with van der Waals surface area (Å²) in [5.41, 5.74) is 1.56. The molecule has 0 unspecified atom stereocenters. The molecule has 0 aliphatic carbocycles. The molecule has 0 spiro atoms.